The Morgan fingerprint density at radius 3 is 2.56 bits per heavy atom. The lowest BCUT2D eigenvalue weighted by atomic mass is 9.84. The lowest BCUT2D eigenvalue weighted by Crippen LogP contribution is -2.59. The minimum absolute atomic E-state index is 0.0511. The van der Waals surface area contributed by atoms with Gasteiger partial charge in [0.2, 0.25) is 12.1 Å². The summed E-state index contributed by atoms with van der Waals surface area (Å²) in [5.41, 5.74) is 4.36. The summed E-state index contributed by atoms with van der Waals surface area (Å²) >= 11 is 6.09. The fourth-order valence-corrected chi connectivity index (χ4v) is 5.33. The van der Waals surface area contributed by atoms with Crippen LogP contribution in [0.1, 0.15) is 55.7 Å². The SMILES string of the molecule is CC1=NNC(C2CN(C3CCC(c4ncc(C)o4)CC3)C(Cc3ccc(Cl)cc3)CO2)O1. The van der Waals surface area contributed by atoms with Crippen molar-refractivity contribution in [1.82, 2.24) is 15.3 Å². The summed E-state index contributed by atoms with van der Waals surface area (Å²) in [6, 6.07) is 9.00. The molecule has 1 aliphatic carbocycles. The maximum atomic E-state index is 6.28. The van der Waals surface area contributed by atoms with E-state index in [1.165, 1.54) is 5.56 Å². The summed E-state index contributed by atoms with van der Waals surface area (Å²) in [7, 11) is 0. The van der Waals surface area contributed by atoms with Crippen LogP contribution in [0.2, 0.25) is 5.02 Å². The van der Waals surface area contributed by atoms with Gasteiger partial charge >= 0.3 is 0 Å². The van der Waals surface area contributed by atoms with Gasteiger partial charge < -0.3 is 13.9 Å². The maximum absolute atomic E-state index is 6.28. The third-order valence-electron chi connectivity index (χ3n) is 6.89. The first kappa shape index (κ1) is 21.7. The number of nitrogens with one attached hydrogen (secondary N) is 1. The molecule has 7 nitrogen and oxygen atoms in total. The highest BCUT2D eigenvalue weighted by Gasteiger charge is 2.40. The fourth-order valence-electron chi connectivity index (χ4n) is 5.20. The average molecular weight is 459 g/mol. The Balaban J connectivity index is 1.28. The number of ether oxygens (including phenoxy) is 2. The van der Waals surface area contributed by atoms with Crippen LogP contribution in [0.15, 0.2) is 40.0 Å². The van der Waals surface area contributed by atoms with E-state index in [1.54, 1.807) is 0 Å². The Bertz CT molecular complexity index is 939. The Labute approximate surface area is 194 Å². The highest BCUT2D eigenvalue weighted by atomic mass is 35.5. The molecule has 1 aromatic heterocycles. The summed E-state index contributed by atoms with van der Waals surface area (Å²) < 4.78 is 17.9. The second kappa shape index (κ2) is 9.41. The first-order valence-electron chi connectivity index (χ1n) is 11.6. The Morgan fingerprint density at radius 2 is 1.91 bits per heavy atom. The first-order chi connectivity index (χ1) is 15.5. The summed E-state index contributed by atoms with van der Waals surface area (Å²) in [6.07, 6.45) is 6.95. The molecule has 3 unspecified atom stereocenters. The zero-order chi connectivity index (χ0) is 22.1. The Hall–Kier alpha value is -2.09. The summed E-state index contributed by atoms with van der Waals surface area (Å²) in [5, 5.41) is 4.96. The highest BCUT2D eigenvalue weighted by Crippen LogP contribution is 2.36. The molecule has 1 N–H and O–H groups in total. The molecule has 3 heterocycles. The van der Waals surface area contributed by atoms with Gasteiger partial charge in [-0.2, -0.15) is 0 Å². The molecule has 8 heteroatoms. The van der Waals surface area contributed by atoms with Gasteiger partial charge in [0.25, 0.3) is 0 Å². The zero-order valence-corrected chi connectivity index (χ0v) is 19.4. The number of halogens is 1. The molecule has 0 spiro atoms. The average Bonchev–Trinajstić information content (AvgIpc) is 3.44. The fraction of sp³-hybridized carbons (Fsp3) is 0.583. The van der Waals surface area contributed by atoms with Crippen molar-refractivity contribution in [3.05, 3.63) is 52.7 Å². The van der Waals surface area contributed by atoms with Crippen LogP contribution in [-0.2, 0) is 15.9 Å². The van der Waals surface area contributed by atoms with Gasteiger partial charge in [-0.3, -0.25) is 10.3 Å². The topological polar surface area (TPSA) is 72.1 Å². The molecule has 0 amide bonds. The van der Waals surface area contributed by atoms with Crippen LogP contribution in [0.5, 0.6) is 0 Å². The number of nitrogens with zero attached hydrogens (tertiary/aromatic N) is 3. The van der Waals surface area contributed by atoms with E-state index < -0.39 is 0 Å². The van der Waals surface area contributed by atoms with E-state index in [4.69, 9.17) is 25.5 Å². The van der Waals surface area contributed by atoms with Crippen molar-refractivity contribution in [2.45, 2.75) is 76.3 Å². The maximum Gasteiger partial charge on any atom is 0.213 e. The number of hydrogen-bond acceptors (Lipinski definition) is 7. The molecule has 5 rings (SSSR count). The predicted octanol–water partition coefficient (Wildman–Crippen LogP) is 4.25. The second-order valence-corrected chi connectivity index (χ2v) is 9.60. The molecule has 2 aliphatic heterocycles. The highest BCUT2D eigenvalue weighted by molar-refractivity contribution is 6.30. The van der Waals surface area contributed by atoms with Gasteiger partial charge in [-0.15, -0.1) is 5.10 Å². The van der Waals surface area contributed by atoms with E-state index in [9.17, 15) is 0 Å². The second-order valence-electron chi connectivity index (χ2n) is 9.17. The van der Waals surface area contributed by atoms with Gasteiger partial charge in [-0.25, -0.2) is 4.98 Å². The van der Waals surface area contributed by atoms with Crippen molar-refractivity contribution in [2.24, 2.45) is 5.10 Å². The molecule has 1 saturated heterocycles. The van der Waals surface area contributed by atoms with E-state index >= 15 is 0 Å². The van der Waals surface area contributed by atoms with Crippen LogP contribution in [0.3, 0.4) is 0 Å². The smallest absolute Gasteiger partial charge is 0.213 e. The number of morpholine rings is 1. The van der Waals surface area contributed by atoms with Gasteiger partial charge in [0.05, 0.1) is 12.8 Å². The molecule has 1 saturated carbocycles. The van der Waals surface area contributed by atoms with E-state index in [2.05, 4.69) is 32.5 Å². The van der Waals surface area contributed by atoms with E-state index in [-0.39, 0.29) is 12.3 Å². The lowest BCUT2D eigenvalue weighted by molar-refractivity contribution is -0.124. The van der Waals surface area contributed by atoms with Gasteiger partial charge in [0, 0.05) is 36.5 Å². The molecule has 1 aromatic carbocycles. The number of oxazole rings is 1. The largest absolute Gasteiger partial charge is 0.452 e. The molecule has 0 bridgehead atoms. The van der Waals surface area contributed by atoms with Gasteiger partial charge in [-0.1, -0.05) is 23.7 Å². The van der Waals surface area contributed by atoms with Crippen molar-refractivity contribution >= 4 is 17.5 Å². The quantitative estimate of drug-likeness (QED) is 0.722. The van der Waals surface area contributed by atoms with E-state index in [1.807, 2.05) is 32.2 Å². The van der Waals surface area contributed by atoms with Crippen LogP contribution in [0.25, 0.3) is 0 Å². The third-order valence-corrected chi connectivity index (χ3v) is 7.14. The minimum atomic E-state index is -0.222. The van der Waals surface area contributed by atoms with Crippen molar-refractivity contribution in [2.75, 3.05) is 13.2 Å². The molecule has 3 atom stereocenters. The summed E-state index contributed by atoms with van der Waals surface area (Å²) in [5.74, 6) is 2.87. The van der Waals surface area contributed by atoms with Gasteiger partial charge in [-0.05, 0) is 56.7 Å². The molecule has 2 fully saturated rings. The number of aromatic nitrogens is 1. The van der Waals surface area contributed by atoms with Gasteiger partial charge in [0.15, 0.2) is 5.89 Å². The van der Waals surface area contributed by atoms with Crippen LogP contribution in [0, 0.1) is 6.92 Å². The summed E-state index contributed by atoms with van der Waals surface area (Å²) in [4.78, 5) is 7.13. The van der Waals surface area contributed by atoms with E-state index in [0.717, 1.165) is 55.3 Å². The summed E-state index contributed by atoms with van der Waals surface area (Å²) in [6.45, 7) is 5.32. The molecule has 3 aliphatic rings. The normalized spacial score (nSPS) is 31.1. The Kier molecular flexibility index (Phi) is 6.40. The molecule has 32 heavy (non-hydrogen) atoms. The van der Waals surface area contributed by atoms with Crippen molar-refractivity contribution in [1.29, 1.82) is 0 Å². The number of benzene rings is 1. The van der Waals surface area contributed by atoms with Crippen molar-refractivity contribution in [3.63, 3.8) is 0 Å². The monoisotopic (exact) mass is 458 g/mol. The molecular weight excluding hydrogens is 428 g/mol. The van der Waals surface area contributed by atoms with Crippen LogP contribution >= 0.6 is 11.6 Å². The standard InChI is InChI=1S/C24H31ClN4O3/c1-15-12-26-23(31-15)18-5-9-20(10-6-18)29-13-22(24-28-27-16(2)32-24)30-14-21(29)11-17-3-7-19(25)8-4-17/h3-4,7-8,12,18,20-22,24,28H,5-6,9-11,13-14H2,1-2H3. The molecule has 172 valence electrons. The molecular formula is C24H31ClN4O3. The number of aryl methyl sites for hydroxylation is 1. The number of rotatable bonds is 5. The number of hydrazone groups is 1. The predicted molar refractivity (Wildman–Crippen MR) is 123 cm³/mol. The zero-order valence-electron chi connectivity index (χ0n) is 18.7. The van der Waals surface area contributed by atoms with Crippen LogP contribution < -0.4 is 5.43 Å². The lowest BCUT2D eigenvalue weighted by Gasteiger charge is -2.46. The molecule has 0 radical (unpaired) electrons. The molecule has 2 aromatic rings. The number of hydrogen-bond donors (Lipinski definition) is 1. The van der Waals surface area contributed by atoms with E-state index in [0.29, 0.717) is 30.5 Å². The van der Waals surface area contributed by atoms with Gasteiger partial charge in [0.1, 0.15) is 11.9 Å². The van der Waals surface area contributed by atoms with Crippen LogP contribution in [-0.4, -0.2) is 53.3 Å². The van der Waals surface area contributed by atoms with Crippen molar-refractivity contribution in [3.8, 4) is 0 Å². The van der Waals surface area contributed by atoms with Crippen LogP contribution in [0.4, 0.5) is 0 Å². The third kappa shape index (κ3) is 4.80. The minimum Gasteiger partial charge on any atom is -0.452 e. The van der Waals surface area contributed by atoms with Crippen molar-refractivity contribution < 1.29 is 13.9 Å². The Morgan fingerprint density at radius 1 is 1.12 bits per heavy atom. The first-order valence-corrected chi connectivity index (χ1v) is 11.9.